The summed E-state index contributed by atoms with van der Waals surface area (Å²) in [7, 11) is 0. The van der Waals surface area contributed by atoms with Crippen molar-refractivity contribution in [2.24, 2.45) is 0 Å². The monoisotopic (exact) mass is 557 g/mol. The molecule has 0 saturated heterocycles. The fourth-order valence-electron chi connectivity index (χ4n) is 2.94. The van der Waals surface area contributed by atoms with Crippen molar-refractivity contribution in [2.75, 3.05) is 0 Å². The molecule has 0 spiro atoms. The second-order valence-corrected chi connectivity index (χ2v) is 7.59. The SMILES string of the molecule is O=C(NC1CCCCC1)OC(F)(F)C(F)(F)C(F)(F)C(F)(F)C(F)(F)C(F)(F)C(F)CC(F)(F)F. The highest BCUT2D eigenvalue weighted by Crippen LogP contribution is 2.61. The van der Waals surface area contributed by atoms with E-state index in [-0.39, 0.29) is 12.8 Å². The minimum Gasteiger partial charge on any atom is -0.379 e. The lowest BCUT2D eigenvalue weighted by Gasteiger charge is -2.41. The number of hydrogen-bond donors (Lipinski definition) is 1. The van der Waals surface area contributed by atoms with E-state index in [0.717, 1.165) is 0 Å². The van der Waals surface area contributed by atoms with E-state index < -0.39 is 66.6 Å². The summed E-state index contributed by atoms with van der Waals surface area (Å²) in [6, 6.07) is -1.01. The third-order valence-electron chi connectivity index (χ3n) is 4.92. The van der Waals surface area contributed by atoms with Gasteiger partial charge in [-0.05, 0) is 12.8 Å². The minimum absolute atomic E-state index is 0.0644. The van der Waals surface area contributed by atoms with E-state index in [0.29, 0.717) is 19.3 Å². The first-order valence-corrected chi connectivity index (χ1v) is 9.32. The van der Waals surface area contributed by atoms with Crippen molar-refractivity contribution in [3.05, 3.63) is 0 Å². The Morgan fingerprint density at radius 2 is 1.14 bits per heavy atom. The number of alkyl halides is 16. The van der Waals surface area contributed by atoms with E-state index in [2.05, 4.69) is 4.74 Å². The van der Waals surface area contributed by atoms with Crippen LogP contribution in [0.4, 0.5) is 75.0 Å². The second-order valence-electron chi connectivity index (χ2n) is 7.59. The van der Waals surface area contributed by atoms with Crippen LogP contribution in [0.5, 0.6) is 0 Å². The number of nitrogens with one attached hydrogen (secondary N) is 1. The van der Waals surface area contributed by atoms with Gasteiger partial charge in [0.2, 0.25) is 0 Å². The Kier molecular flexibility index (Phi) is 8.51. The van der Waals surface area contributed by atoms with Gasteiger partial charge in [0.25, 0.3) is 0 Å². The van der Waals surface area contributed by atoms with Gasteiger partial charge in [-0.2, -0.15) is 65.9 Å². The zero-order valence-electron chi connectivity index (χ0n) is 16.8. The van der Waals surface area contributed by atoms with Crippen LogP contribution in [0.2, 0.25) is 0 Å². The van der Waals surface area contributed by atoms with Crippen molar-refractivity contribution >= 4 is 6.09 Å². The first kappa shape index (κ1) is 31.2. The van der Waals surface area contributed by atoms with Crippen LogP contribution in [0.1, 0.15) is 38.5 Å². The molecule has 1 fully saturated rings. The lowest BCUT2D eigenvalue weighted by molar-refractivity contribution is -0.452. The Hall–Kier alpha value is -1.85. The quantitative estimate of drug-likeness (QED) is 0.307. The fraction of sp³-hybridized carbons (Fsp3) is 0.938. The first-order chi connectivity index (χ1) is 15.3. The van der Waals surface area contributed by atoms with E-state index in [1.165, 1.54) is 5.32 Å². The van der Waals surface area contributed by atoms with Gasteiger partial charge in [0.05, 0.1) is 6.42 Å². The number of hydrogen-bond acceptors (Lipinski definition) is 2. The lowest BCUT2D eigenvalue weighted by atomic mass is 9.91. The van der Waals surface area contributed by atoms with E-state index in [4.69, 9.17) is 0 Å². The summed E-state index contributed by atoms with van der Waals surface area (Å²) in [5.41, 5.74) is 0. The van der Waals surface area contributed by atoms with E-state index in [1.54, 1.807) is 0 Å². The van der Waals surface area contributed by atoms with Crippen LogP contribution in [0, 0.1) is 0 Å². The molecule has 3 nitrogen and oxygen atoms in total. The zero-order valence-corrected chi connectivity index (χ0v) is 16.8. The Balaban J connectivity index is 3.26. The highest BCUT2D eigenvalue weighted by molar-refractivity contribution is 5.68. The number of alkyl carbamates (subject to hydrolysis) is 1. The van der Waals surface area contributed by atoms with Gasteiger partial charge in [-0.1, -0.05) is 19.3 Å². The molecule has 0 aliphatic heterocycles. The van der Waals surface area contributed by atoms with Crippen LogP contribution >= 0.6 is 0 Å². The molecule has 1 saturated carbocycles. The molecule has 0 heterocycles. The Morgan fingerprint density at radius 3 is 1.57 bits per heavy atom. The normalized spacial score (nSPS) is 18.9. The summed E-state index contributed by atoms with van der Waals surface area (Å²) in [6.07, 6.45) is -23.2. The molecule has 0 aromatic carbocycles. The third-order valence-corrected chi connectivity index (χ3v) is 4.92. The van der Waals surface area contributed by atoms with Crippen molar-refractivity contribution < 1.29 is 79.8 Å². The first-order valence-electron chi connectivity index (χ1n) is 9.32. The zero-order chi connectivity index (χ0) is 27.9. The molecule has 1 rings (SSSR count). The predicted molar refractivity (Wildman–Crippen MR) is 81.7 cm³/mol. The average Bonchev–Trinajstić information content (AvgIpc) is 2.66. The maximum atomic E-state index is 13.7. The molecule has 1 amide bonds. The van der Waals surface area contributed by atoms with E-state index >= 15 is 0 Å². The smallest absolute Gasteiger partial charge is 0.379 e. The highest BCUT2D eigenvalue weighted by atomic mass is 19.4. The standard InChI is InChI=1S/C16H15F16NO2/c17-8(6-10(18,19)20)11(21,22)12(23,24)13(25,26)14(27,28)15(29,30)16(31,32)35-9(34)33-7-4-2-1-3-5-7/h7-8H,1-6H2,(H,33,34). The molecular weight excluding hydrogens is 542 g/mol. The summed E-state index contributed by atoms with van der Waals surface area (Å²) in [5, 5.41) is 1.50. The number of rotatable bonds is 9. The van der Waals surface area contributed by atoms with Gasteiger partial charge in [0.15, 0.2) is 6.17 Å². The molecule has 0 aromatic rings. The summed E-state index contributed by atoms with van der Waals surface area (Å²) >= 11 is 0. The molecule has 1 N–H and O–H groups in total. The van der Waals surface area contributed by atoms with Crippen molar-refractivity contribution in [3.8, 4) is 0 Å². The fourth-order valence-corrected chi connectivity index (χ4v) is 2.94. The van der Waals surface area contributed by atoms with Crippen molar-refractivity contribution in [1.29, 1.82) is 0 Å². The molecule has 0 radical (unpaired) electrons. The molecular formula is C16H15F16NO2. The number of ether oxygens (including phenoxy) is 1. The van der Waals surface area contributed by atoms with Crippen LogP contribution < -0.4 is 5.32 Å². The molecule has 1 unspecified atom stereocenters. The van der Waals surface area contributed by atoms with Crippen LogP contribution in [0.25, 0.3) is 0 Å². The Bertz CT molecular complexity index is 744. The summed E-state index contributed by atoms with van der Waals surface area (Å²) < 4.78 is 214. The number of carbonyl (C=O) groups excluding carboxylic acids is 1. The number of carbonyl (C=O) groups is 1. The van der Waals surface area contributed by atoms with Gasteiger partial charge in [-0.15, -0.1) is 0 Å². The molecule has 1 atom stereocenters. The van der Waals surface area contributed by atoms with Crippen LogP contribution in [-0.2, 0) is 4.74 Å². The van der Waals surface area contributed by atoms with Gasteiger partial charge < -0.3 is 10.1 Å². The number of amides is 1. The predicted octanol–water partition coefficient (Wildman–Crippen LogP) is 7.11. The Labute approximate surface area is 185 Å². The van der Waals surface area contributed by atoms with Gasteiger partial charge in [-0.3, -0.25) is 0 Å². The number of halogens is 16. The Morgan fingerprint density at radius 1 is 0.714 bits per heavy atom. The van der Waals surface area contributed by atoms with Crippen LogP contribution in [0.3, 0.4) is 0 Å². The minimum atomic E-state index is -8.31. The molecule has 208 valence electrons. The third kappa shape index (κ3) is 5.77. The van der Waals surface area contributed by atoms with E-state index in [9.17, 15) is 75.0 Å². The second kappa shape index (κ2) is 9.55. The molecule has 1 aliphatic rings. The van der Waals surface area contributed by atoms with Gasteiger partial charge in [0, 0.05) is 6.04 Å². The molecule has 0 bridgehead atoms. The molecule has 35 heavy (non-hydrogen) atoms. The van der Waals surface area contributed by atoms with Crippen molar-refractivity contribution in [1.82, 2.24) is 5.32 Å². The van der Waals surface area contributed by atoms with Gasteiger partial charge in [0.1, 0.15) is 0 Å². The topological polar surface area (TPSA) is 38.3 Å². The van der Waals surface area contributed by atoms with Gasteiger partial charge >= 0.3 is 48.0 Å². The van der Waals surface area contributed by atoms with Crippen LogP contribution in [0.15, 0.2) is 0 Å². The average molecular weight is 557 g/mol. The maximum absolute atomic E-state index is 13.7. The van der Waals surface area contributed by atoms with Crippen molar-refractivity contribution in [2.45, 2.75) is 92.6 Å². The molecule has 1 aliphatic carbocycles. The van der Waals surface area contributed by atoms with Crippen LogP contribution in [-0.4, -0.2) is 60.2 Å². The van der Waals surface area contributed by atoms with Crippen molar-refractivity contribution in [3.63, 3.8) is 0 Å². The molecule has 0 aromatic heterocycles. The van der Waals surface area contributed by atoms with E-state index in [1.807, 2.05) is 0 Å². The maximum Gasteiger partial charge on any atom is 0.474 e. The summed E-state index contributed by atoms with van der Waals surface area (Å²) in [6.45, 7) is 0. The summed E-state index contributed by atoms with van der Waals surface area (Å²) in [5.74, 6) is -39.9. The summed E-state index contributed by atoms with van der Waals surface area (Å²) in [4.78, 5) is 11.3. The lowest BCUT2D eigenvalue weighted by Crippen LogP contribution is -2.72. The largest absolute Gasteiger partial charge is 0.474 e. The molecule has 19 heteroatoms. The van der Waals surface area contributed by atoms with Gasteiger partial charge in [-0.25, -0.2) is 9.18 Å². The highest BCUT2D eigenvalue weighted by Gasteiger charge is 2.92.